The van der Waals surface area contributed by atoms with Crippen LogP contribution in [-0.2, 0) is 20.7 Å². The fourth-order valence-corrected chi connectivity index (χ4v) is 4.19. The van der Waals surface area contributed by atoms with Crippen molar-refractivity contribution in [2.75, 3.05) is 6.61 Å². The summed E-state index contributed by atoms with van der Waals surface area (Å²) in [6.07, 6.45) is 0. The Hall–Kier alpha value is -1.50. The molecule has 120 valence electrons. The lowest BCUT2D eigenvalue weighted by atomic mass is 10.0. The first kappa shape index (κ1) is 16.4. The molecule has 0 saturated heterocycles. The van der Waals surface area contributed by atoms with Gasteiger partial charge < -0.3 is 14.0 Å². The second-order valence-corrected chi connectivity index (χ2v) is 7.47. The highest BCUT2D eigenvalue weighted by molar-refractivity contribution is 9.10. The number of ether oxygens (including phenoxy) is 2. The molecule has 2 unspecified atom stereocenters. The molecule has 1 aliphatic heterocycles. The van der Waals surface area contributed by atoms with Crippen LogP contribution in [0, 0.1) is 0 Å². The van der Waals surface area contributed by atoms with E-state index in [1.54, 1.807) is 38.1 Å². The average molecular weight is 395 g/mol. The number of carbonyl (C=O) groups excluding carboxylic acids is 1. The lowest BCUT2D eigenvalue weighted by Crippen LogP contribution is -2.15. The maximum atomic E-state index is 12.8. The van der Waals surface area contributed by atoms with E-state index in [2.05, 4.69) is 15.9 Å². The van der Waals surface area contributed by atoms with E-state index in [1.165, 1.54) is 0 Å². The van der Waals surface area contributed by atoms with Gasteiger partial charge >= 0.3 is 5.97 Å². The first-order chi connectivity index (χ1) is 11.0. The Morgan fingerprint density at radius 1 is 1.26 bits per heavy atom. The van der Waals surface area contributed by atoms with Gasteiger partial charge in [-0.05, 0) is 37.6 Å². The van der Waals surface area contributed by atoms with Gasteiger partial charge in [0.2, 0.25) is 9.79 Å². The lowest BCUT2D eigenvalue weighted by Gasteiger charge is -2.23. The highest BCUT2D eigenvalue weighted by atomic mass is 79.9. The summed E-state index contributed by atoms with van der Waals surface area (Å²) in [7, 11) is 0. The van der Waals surface area contributed by atoms with Gasteiger partial charge in [-0.25, -0.2) is 0 Å². The van der Waals surface area contributed by atoms with Crippen molar-refractivity contribution in [2.45, 2.75) is 29.6 Å². The van der Waals surface area contributed by atoms with Crippen molar-refractivity contribution in [1.82, 2.24) is 0 Å². The summed E-state index contributed by atoms with van der Waals surface area (Å²) < 4.78 is 24.5. The largest absolute Gasteiger partial charge is 0.606 e. The van der Waals surface area contributed by atoms with Gasteiger partial charge in [0.25, 0.3) is 0 Å². The van der Waals surface area contributed by atoms with Crippen LogP contribution in [0.4, 0.5) is 0 Å². The third kappa shape index (κ3) is 3.11. The van der Waals surface area contributed by atoms with Crippen LogP contribution < -0.4 is 4.74 Å². The van der Waals surface area contributed by atoms with Crippen LogP contribution in [0.15, 0.2) is 50.7 Å². The van der Waals surface area contributed by atoms with Crippen molar-refractivity contribution in [3.63, 3.8) is 0 Å². The highest BCUT2D eigenvalue weighted by Gasteiger charge is 2.32. The zero-order valence-electron chi connectivity index (χ0n) is 12.7. The molecule has 23 heavy (non-hydrogen) atoms. The van der Waals surface area contributed by atoms with Crippen LogP contribution in [0.5, 0.6) is 11.5 Å². The molecule has 0 saturated carbocycles. The maximum absolute atomic E-state index is 12.8. The fraction of sp³-hybridized carbons (Fsp3) is 0.235. The van der Waals surface area contributed by atoms with Crippen LogP contribution in [0.25, 0.3) is 0 Å². The van der Waals surface area contributed by atoms with Crippen molar-refractivity contribution >= 4 is 33.1 Å². The predicted octanol–water partition coefficient (Wildman–Crippen LogP) is 4.39. The van der Waals surface area contributed by atoms with Crippen LogP contribution in [0.3, 0.4) is 0 Å². The van der Waals surface area contributed by atoms with Gasteiger partial charge in [0.15, 0.2) is 11.5 Å². The summed E-state index contributed by atoms with van der Waals surface area (Å²) in [5, 5.41) is 0. The molecule has 2 atom stereocenters. The summed E-state index contributed by atoms with van der Waals surface area (Å²) in [6.45, 7) is 3.89. The van der Waals surface area contributed by atoms with E-state index < -0.39 is 17.1 Å². The zero-order valence-corrected chi connectivity index (χ0v) is 15.1. The summed E-state index contributed by atoms with van der Waals surface area (Å²) >= 11 is 2.03. The van der Waals surface area contributed by atoms with Crippen molar-refractivity contribution in [1.29, 1.82) is 0 Å². The Labute approximate surface area is 146 Å². The molecule has 3 rings (SSSR count). The normalized spacial score (nSPS) is 16.8. The van der Waals surface area contributed by atoms with Gasteiger partial charge in [-0.1, -0.05) is 22.0 Å². The summed E-state index contributed by atoms with van der Waals surface area (Å²) in [6, 6.07) is 10.7. The zero-order chi connectivity index (χ0) is 16.6. The molecule has 0 radical (unpaired) electrons. The predicted molar refractivity (Wildman–Crippen MR) is 90.4 cm³/mol. The van der Waals surface area contributed by atoms with Gasteiger partial charge in [-0.2, -0.15) is 0 Å². The molecule has 0 bridgehead atoms. The molecule has 2 aromatic rings. The van der Waals surface area contributed by atoms with Crippen LogP contribution in [0.1, 0.15) is 25.3 Å². The summed E-state index contributed by atoms with van der Waals surface area (Å²) in [4.78, 5) is 13.1. The molecule has 1 aliphatic rings. The van der Waals surface area contributed by atoms with Gasteiger partial charge in [0.05, 0.1) is 12.5 Å². The molecule has 0 amide bonds. The number of rotatable bonds is 3. The average Bonchev–Trinajstić information content (AvgIpc) is 2.55. The standard InChI is InChI=1S/C17H15BrO4S/c1-3-21-17(19)10(2)11-4-6-13-15(8-11)23(20)16-9-12(18)5-7-14(16)22-13/h4-10H,3H2,1-2H3. The van der Waals surface area contributed by atoms with Gasteiger partial charge in [-0.15, -0.1) is 0 Å². The van der Waals surface area contributed by atoms with E-state index in [9.17, 15) is 9.35 Å². The number of carbonyl (C=O) groups is 1. The van der Waals surface area contributed by atoms with Crippen molar-refractivity contribution in [3.8, 4) is 11.5 Å². The van der Waals surface area contributed by atoms with Crippen molar-refractivity contribution in [2.24, 2.45) is 0 Å². The molecule has 0 spiro atoms. The number of fused-ring (bicyclic) bond motifs is 2. The first-order valence-electron chi connectivity index (χ1n) is 7.21. The summed E-state index contributed by atoms with van der Waals surface area (Å²) in [5.74, 6) is 0.433. The fourth-order valence-electron chi connectivity index (χ4n) is 2.37. The van der Waals surface area contributed by atoms with E-state index in [0.717, 1.165) is 10.0 Å². The molecule has 1 heterocycles. The first-order valence-corrected chi connectivity index (χ1v) is 9.15. The minimum atomic E-state index is -1.35. The second kappa shape index (κ2) is 6.55. The van der Waals surface area contributed by atoms with Crippen LogP contribution in [-0.4, -0.2) is 17.1 Å². The number of hydrogen-bond acceptors (Lipinski definition) is 4. The van der Waals surface area contributed by atoms with E-state index in [1.807, 2.05) is 12.1 Å². The van der Waals surface area contributed by atoms with E-state index >= 15 is 0 Å². The molecule has 6 heteroatoms. The smallest absolute Gasteiger partial charge is 0.313 e. The Morgan fingerprint density at radius 3 is 2.61 bits per heavy atom. The number of esters is 1. The molecule has 0 aliphatic carbocycles. The molecule has 4 nitrogen and oxygen atoms in total. The lowest BCUT2D eigenvalue weighted by molar-refractivity contribution is -0.144. The van der Waals surface area contributed by atoms with E-state index in [-0.39, 0.29) is 5.97 Å². The highest BCUT2D eigenvalue weighted by Crippen LogP contribution is 2.44. The van der Waals surface area contributed by atoms with E-state index in [4.69, 9.17) is 9.47 Å². The molecule has 0 N–H and O–H groups in total. The Kier molecular flexibility index (Phi) is 4.66. The quantitative estimate of drug-likeness (QED) is 0.572. The molecule has 0 fully saturated rings. The third-order valence-corrected chi connectivity index (χ3v) is 5.56. The minimum absolute atomic E-state index is 0.293. The van der Waals surface area contributed by atoms with Gasteiger partial charge in [0, 0.05) is 27.8 Å². The van der Waals surface area contributed by atoms with Crippen molar-refractivity contribution < 1.29 is 18.8 Å². The monoisotopic (exact) mass is 394 g/mol. The molecular weight excluding hydrogens is 380 g/mol. The number of hydrogen-bond donors (Lipinski definition) is 0. The molecule has 2 aromatic carbocycles. The third-order valence-electron chi connectivity index (χ3n) is 3.63. The Bertz CT molecular complexity index is 762. The van der Waals surface area contributed by atoms with Gasteiger partial charge in [-0.3, -0.25) is 4.79 Å². The number of halogens is 1. The van der Waals surface area contributed by atoms with Crippen LogP contribution >= 0.6 is 15.9 Å². The van der Waals surface area contributed by atoms with Crippen LogP contribution in [0.2, 0.25) is 0 Å². The number of benzene rings is 2. The molecule has 0 aromatic heterocycles. The minimum Gasteiger partial charge on any atom is -0.606 e. The van der Waals surface area contributed by atoms with E-state index in [0.29, 0.717) is 27.9 Å². The Balaban J connectivity index is 1.97. The summed E-state index contributed by atoms with van der Waals surface area (Å²) in [5.41, 5.74) is 0.762. The second-order valence-electron chi connectivity index (χ2n) is 5.14. The molecular formula is C17H15BrO4S. The topological polar surface area (TPSA) is 58.6 Å². The SMILES string of the molecule is CCOC(=O)C(C)c1ccc2c(c1)[S+]([O-])c1cc(Br)ccc1O2. The maximum Gasteiger partial charge on any atom is 0.313 e. The van der Waals surface area contributed by atoms with Crippen molar-refractivity contribution in [3.05, 3.63) is 46.4 Å². The Morgan fingerprint density at radius 2 is 1.91 bits per heavy atom. The van der Waals surface area contributed by atoms with Gasteiger partial charge in [0.1, 0.15) is 0 Å².